The van der Waals surface area contributed by atoms with Gasteiger partial charge in [0.1, 0.15) is 0 Å². The summed E-state index contributed by atoms with van der Waals surface area (Å²) in [6, 6.07) is 11.8. The molecule has 2 aromatic carbocycles. The lowest BCUT2D eigenvalue weighted by molar-refractivity contribution is 0.102. The molecule has 0 atom stereocenters. The van der Waals surface area contributed by atoms with E-state index in [2.05, 4.69) is 26.6 Å². The Kier molecular flexibility index (Phi) is 3.97. The van der Waals surface area contributed by atoms with E-state index in [1.807, 2.05) is 43.3 Å². The Balaban J connectivity index is 1.89. The SMILES string of the molecule is Cc1ccc(NC(=O)c2cccc3c2CCCN3)c(Br)c1. The van der Waals surface area contributed by atoms with Crippen molar-refractivity contribution in [2.75, 3.05) is 17.2 Å². The van der Waals surface area contributed by atoms with Crippen LogP contribution in [-0.4, -0.2) is 12.5 Å². The van der Waals surface area contributed by atoms with Gasteiger partial charge in [-0.1, -0.05) is 12.1 Å². The Morgan fingerprint density at radius 1 is 1.29 bits per heavy atom. The minimum atomic E-state index is -0.0555. The van der Waals surface area contributed by atoms with Gasteiger partial charge < -0.3 is 10.6 Å². The lowest BCUT2D eigenvalue weighted by Crippen LogP contribution is -2.19. The van der Waals surface area contributed by atoms with E-state index in [0.717, 1.165) is 51.9 Å². The lowest BCUT2D eigenvalue weighted by atomic mass is 9.97. The van der Waals surface area contributed by atoms with Crippen LogP contribution < -0.4 is 10.6 Å². The van der Waals surface area contributed by atoms with Gasteiger partial charge in [-0.05, 0) is 71.1 Å². The summed E-state index contributed by atoms with van der Waals surface area (Å²) in [5, 5.41) is 6.34. The maximum atomic E-state index is 12.6. The van der Waals surface area contributed by atoms with Crippen LogP contribution in [0.25, 0.3) is 0 Å². The van der Waals surface area contributed by atoms with Crippen molar-refractivity contribution >= 4 is 33.2 Å². The Labute approximate surface area is 132 Å². The quantitative estimate of drug-likeness (QED) is 0.849. The first-order valence-electron chi connectivity index (χ1n) is 7.08. The largest absolute Gasteiger partial charge is 0.385 e. The average molecular weight is 345 g/mol. The number of anilines is 2. The number of benzene rings is 2. The second-order valence-electron chi connectivity index (χ2n) is 5.30. The Morgan fingerprint density at radius 3 is 2.95 bits per heavy atom. The van der Waals surface area contributed by atoms with Crippen molar-refractivity contribution in [1.82, 2.24) is 0 Å². The van der Waals surface area contributed by atoms with Crippen LogP contribution in [0, 0.1) is 6.92 Å². The van der Waals surface area contributed by atoms with Crippen LogP contribution in [-0.2, 0) is 6.42 Å². The summed E-state index contributed by atoms with van der Waals surface area (Å²) in [6.07, 6.45) is 2.01. The number of carbonyl (C=O) groups excluding carboxylic acids is 1. The fourth-order valence-electron chi connectivity index (χ4n) is 2.63. The molecule has 0 bridgehead atoms. The van der Waals surface area contributed by atoms with Gasteiger partial charge in [0.2, 0.25) is 0 Å². The van der Waals surface area contributed by atoms with E-state index in [0.29, 0.717) is 0 Å². The fourth-order valence-corrected chi connectivity index (χ4v) is 3.23. The van der Waals surface area contributed by atoms with E-state index in [1.54, 1.807) is 0 Å². The molecule has 2 aromatic rings. The van der Waals surface area contributed by atoms with Gasteiger partial charge in [0, 0.05) is 22.3 Å². The minimum absolute atomic E-state index is 0.0555. The first kappa shape index (κ1) is 14.1. The molecule has 21 heavy (non-hydrogen) atoms. The highest BCUT2D eigenvalue weighted by atomic mass is 79.9. The van der Waals surface area contributed by atoms with Gasteiger partial charge in [-0.25, -0.2) is 0 Å². The number of amides is 1. The first-order valence-corrected chi connectivity index (χ1v) is 7.88. The van der Waals surface area contributed by atoms with Gasteiger partial charge in [-0.2, -0.15) is 0 Å². The van der Waals surface area contributed by atoms with Crippen LogP contribution in [0.3, 0.4) is 0 Å². The van der Waals surface area contributed by atoms with E-state index >= 15 is 0 Å². The monoisotopic (exact) mass is 344 g/mol. The number of fused-ring (bicyclic) bond motifs is 1. The molecule has 1 aliphatic rings. The third-order valence-corrected chi connectivity index (χ3v) is 4.37. The van der Waals surface area contributed by atoms with Crippen molar-refractivity contribution in [3.8, 4) is 0 Å². The van der Waals surface area contributed by atoms with Gasteiger partial charge in [0.25, 0.3) is 5.91 Å². The molecule has 1 aliphatic heterocycles. The zero-order chi connectivity index (χ0) is 14.8. The highest BCUT2D eigenvalue weighted by molar-refractivity contribution is 9.10. The van der Waals surface area contributed by atoms with Gasteiger partial charge in [0.05, 0.1) is 5.69 Å². The molecule has 4 heteroatoms. The molecule has 0 saturated heterocycles. The predicted molar refractivity (Wildman–Crippen MR) is 90.1 cm³/mol. The second kappa shape index (κ2) is 5.90. The molecule has 3 rings (SSSR count). The van der Waals surface area contributed by atoms with Gasteiger partial charge in [0.15, 0.2) is 0 Å². The summed E-state index contributed by atoms with van der Waals surface area (Å²) >= 11 is 3.50. The number of nitrogens with one attached hydrogen (secondary N) is 2. The van der Waals surface area contributed by atoms with Crippen molar-refractivity contribution in [2.45, 2.75) is 19.8 Å². The second-order valence-corrected chi connectivity index (χ2v) is 6.15. The van der Waals surface area contributed by atoms with Crippen LogP contribution in [0.2, 0.25) is 0 Å². The molecular formula is C17H17BrN2O. The molecule has 0 fully saturated rings. The third-order valence-electron chi connectivity index (χ3n) is 3.71. The maximum absolute atomic E-state index is 12.6. The minimum Gasteiger partial charge on any atom is -0.385 e. The van der Waals surface area contributed by atoms with Gasteiger partial charge in [-0.15, -0.1) is 0 Å². The third kappa shape index (κ3) is 2.95. The zero-order valence-corrected chi connectivity index (χ0v) is 13.5. The van der Waals surface area contributed by atoms with Crippen LogP contribution in [0.1, 0.15) is 27.9 Å². The molecule has 3 nitrogen and oxygen atoms in total. The van der Waals surface area contributed by atoms with E-state index in [4.69, 9.17) is 0 Å². The summed E-state index contributed by atoms with van der Waals surface area (Å²) in [7, 11) is 0. The molecule has 1 heterocycles. The molecule has 0 spiro atoms. The number of hydrogen-bond acceptors (Lipinski definition) is 2. The topological polar surface area (TPSA) is 41.1 Å². The molecule has 2 N–H and O–H groups in total. The van der Waals surface area contributed by atoms with E-state index < -0.39 is 0 Å². The molecule has 0 radical (unpaired) electrons. The van der Waals surface area contributed by atoms with Crippen molar-refractivity contribution in [3.05, 3.63) is 57.6 Å². The number of rotatable bonds is 2. The van der Waals surface area contributed by atoms with Crippen molar-refractivity contribution < 1.29 is 4.79 Å². The van der Waals surface area contributed by atoms with Crippen LogP contribution in [0.4, 0.5) is 11.4 Å². The van der Waals surface area contributed by atoms with Crippen LogP contribution in [0.5, 0.6) is 0 Å². The maximum Gasteiger partial charge on any atom is 0.256 e. The smallest absolute Gasteiger partial charge is 0.256 e. The van der Waals surface area contributed by atoms with E-state index in [9.17, 15) is 4.79 Å². The zero-order valence-electron chi connectivity index (χ0n) is 11.9. The molecule has 108 valence electrons. The molecule has 0 aliphatic carbocycles. The standard InChI is InChI=1S/C17H17BrN2O/c1-11-7-8-16(14(18)10-11)20-17(21)13-4-2-6-15-12(13)5-3-9-19-15/h2,4,6-8,10,19H,3,5,9H2,1H3,(H,20,21). The molecular weight excluding hydrogens is 328 g/mol. The molecule has 1 amide bonds. The van der Waals surface area contributed by atoms with Crippen LogP contribution in [0.15, 0.2) is 40.9 Å². The predicted octanol–water partition coefficient (Wildman–Crippen LogP) is 4.37. The fraction of sp³-hybridized carbons (Fsp3) is 0.235. The summed E-state index contributed by atoms with van der Waals surface area (Å²) in [4.78, 5) is 12.6. The van der Waals surface area contributed by atoms with Crippen molar-refractivity contribution in [1.29, 1.82) is 0 Å². The van der Waals surface area contributed by atoms with Gasteiger partial charge in [-0.3, -0.25) is 4.79 Å². The number of aryl methyl sites for hydroxylation is 1. The number of halogens is 1. The van der Waals surface area contributed by atoms with E-state index in [-0.39, 0.29) is 5.91 Å². The normalized spacial score (nSPS) is 13.2. The number of hydrogen-bond donors (Lipinski definition) is 2. The van der Waals surface area contributed by atoms with Crippen LogP contribution >= 0.6 is 15.9 Å². The highest BCUT2D eigenvalue weighted by Gasteiger charge is 2.17. The highest BCUT2D eigenvalue weighted by Crippen LogP contribution is 2.28. The van der Waals surface area contributed by atoms with Gasteiger partial charge >= 0.3 is 0 Å². The Morgan fingerprint density at radius 2 is 2.14 bits per heavy atom. The van der Waals surface area contributed by atoms with Crippen molar-refractivity contribution in [2.24, 2.45) is 0 Å². The molecule has 0 saturated carbocycles. The molecule has 0 aromatic heterocycles. The summed E-state index contributed by atoms with van der Waals surface area (Å²) in [5.41, 5.74) is 4.90. The lowest BCUT2D eigenvalue weighted by Gasteiger charge is -2.20. The first-order chi connectivity index (χ1) is 10.1. The average Bonchev–Trinajstić information content (AvgIpc) is 2.49. The Hall–Kier alpha value is -1.81. The van der Waals surface area contributed by atoms with Crippen molar-refractivity contribution in [3.63, 3.8) is 0 Å². The summed E-state index contributed by atoms with van der Waals surface area (Å²) in [6.45, 7) is 3.00. The summed E-state index contributed by atoms with van der Waals surface area (Å²) < 4.78 is 0.902. The summed E-state index contributed by atoms with van der Waals surface area (Å²) in [5.74, 6) is -0.0555. The van der Waals surface area contributed by atoms with E-state index in [1.165, 1.54) is 0 Å². The molecule has 0 unspecified atom stereocenters. The number of carbonyl (C=O) groups is 1. The Bertz CT molecular complexity index is 697.